The first kappa shape index (κ1) is 15.2. The highest BCUT2D eigenvalue weighted by Crippen LogP contribution is 2.25. The Morgan fingerprint density at radius 1 is 1.32 bits per heavy atom. The van der Waals surface area contributed by atoms with Crippen LogP contribution in [0.3, 0.4) is 0 Å². The molecule has 1 rings (SSSR count). The van der Waals surface area contributed by atoms with E-state index in [0.29, 0.717) is 11.3 Å². The molecule has 0 aliphatic rings. The Labute approximate surface area is 110 Å². The van der Waals surface area contributed by atoms with Crippen LogP contribution >= 0.6 is 0 Å². The van der Waals surface area contributed by atoms with Gasteiger partial charge in [0, 0.05) is 19.2 Å². The molecule has 0 spiro atoms. The summed E-state index contributed by atoms with van der Waals surface area (Å²) < 4.78 is 0. The van der Waals surface area contributed by atoms with Crippen LogP contribution < -0.4 is 5.32 Å². The molecule has 19 heavy (non-hydrogen) atoms. The first-order chi connectivity index (χ1) is 8.75. The van der Waals surface area contributed by atoms with Gasteiger partial charge in [0.25, 0.3) is 0 Å². The fourth-order valence-electron chi connectivity index (χ4n) is 1.94. The van der Waals surface area contributed by atoms with Crippen LogP contribution in [0.2, 0.25) is 0 Å². The Morgan fingerprint density at radius 2 is 1.89 bits per heavy atom. The van der Waals surface area contributed by atoms with Gasteiger partial charge in [-0.25, -0.2) is 4.79 Å². The maximum Gasteiger partial charge on any atom is 0.337 e. The summed E-state index contributed by atoms with van der Waals surface area (Å²) in [5, 5.41) is 31.1. The standard InChI is InChI=1S/C12H18N2O5/c1-5-9(12(18)19)6(2)14-10(5)11(17)8(16)4-13-7(3)15/h8,11,14,16-17H,4H2,1-3H3,(H,13,15)(H,18,19). The van der Waals surface area contributed by atoms with Crippen molar-refractivity contribution in [2.24, 2.45) is 0 Å². The summed E-state index contributed by atoms with van der Waals surface area (Å²) in [5.41, 5.74) is 1.11. The number of carboxylic acids is 1. The van der Waals surface area contributed by atoms with Crippen LogP contribution in [0.15, 0.2) is 0 Å². The lowest BCUT2D eigenvalue weighted by Crippen LogP contribution is -2.34. The van der Waals surface area contributed by atoms with Gasteiger partial charge in [-0.1, -0.05) is 0 Å². The number of carbonyl (C=O) groups excluding carboxylic acids is 1. The van der Waals surface area contributed by atoms with Gasteiger partial charge >= 0.3 is 5.97 Å². The van der Waals surface area contributed by atoms with Crippen LogP contribution in [0.5, 0.6) is 0 Å². The normalized spacial score (nSPS) is 13.9. The van der Waals surface area contributed by atoms with Gasteiger partial charge in [0.2, 0.25) is 5.91 Å². The predicted octanol–water partition coefficient (Wildman–Crippen LogP) is -0.140. The highest BCUT2D eigenvalue weighted by Gasteiger charge is 2.26. The zero-order valence-electron chi connectivity index (χ0n) is 11.0. The summed E-state index contributed by atoms with van der Waals surface area (Å²) in [4.78, 5) is 24.5. The van der Waals surface area contributed by atoms with Gasteiger partial charge in [0.1, 0.15) is 12.2 Å². The lowest BCUT2D eigenvalue weighted by Gasteiger charge is -2.18. The number of nitrogens with one attached hydrogen (secondary N) is 2. The highest BCUT2D eigenvalue weighted by molar-refractivity contribution is 5.91. The third kappa shape index (κ3) is 3.33. The lowest BCUT2D eigenvalue weighted by molar-refractivity contribution is -0.119. The van der Waals surface area contributed by atoms with Gasteiger partial charge in [0.05, 0.1) is 11.3 Å². The quantitative estimate of drug-likeness (QED) is 0.509. The van der Waals surface area contributed by atoms with Gasteiger partial charge in [-0.05, 0) is 19.4 Å². The highest BCUT2D eigenvalue weighted by atomic mass is 16.4. The van der Waals surface area contributed by atoms with Crippen molar-refractivity contribution in [3.8, 4) is 0 Å². The minimum atomic E-state index is -1.29. The third-order valence-corrected chi connectivity index (χ3v) is 2.91. The van der Waals surface area contributed by atoms with Crippen LogP contribution in [0, 0.1) is 13.8 Å². The number of aromatic nitrogens is 1. The van der Waals surface area contributed by atoms with Crippen LogP contribution in [-0.4, -0.2) is 44.8 Å². The average Bonchev–Trinajstić information content (AvgIpc) is 2.60. The molecule has 0 radical (unpaired) electrons. The van der Waals surface area contributed by atoms with Gasteiger partial charge in [-0.3, -0.25) is 4.79 Å². The first-order valence-corrected chi connectivity index (χ1v) is 5.78. The number of rotatable bonds is 5. The van der Waals surface area contributed by atoms with Gasteiger partial charge < -0.3 is 25.6 Å². The lowest BCUT2D eigenvalue weighted by atomic mass is 10.0. The maximum atomic E-state index is 11.0. The molecule has 7 heteroatoms. The molecule has 1 heterocycles. The Morgan fingerprint density at radius 3 is 2.32 bits per heavy atom. The summed E-state index contributed by atoms with van der Waals surface area (Å²) >= 11 is 0. The van der Waals surface area contributed by atoms with Crippen molar-refractivity contribution >= 4 is 11.9 Å². The van der Waals surface area contributed by atoms with E-state index < -0.39 is 18.2 Å². The molecular weight excluding hydrogens is 252 g/mol. The van der Waals surface area contributed by atoms with Crippen molar-refractivity contribution < 1.29 is 24.9 Å². The molecule has 1 amide bonds. The van der Waals surface area contributed by atoms with E-state index in [9.17, 15) is 19.8 Å². The summed E-state index contributed by atoms with van der Waals surface area (Å²) in [5.74, 6) is -1.42. The number of aliphatic hydroxyl groups is 2. The summed E-state index contributed by atoms with van der Waals surface area (Å²) in [6.45, 7) is 4.31. The van der Waals surface area contributed by atoms with Crippen molar-refractivity contribution in [2.75, 3.05) is 6.54 Å². The molecule has 0 saturated heterocycles. The molecule has 106 valence electrons. The second-order valence-electron chi connectivity index (χ2n) is 4.42. The van der Waals surface area contributed by atoms with Gasteiger partial charge in [-0.15, -0.1) is 0 Å². The molecule has 0 saturated carbocycles. The second kappa shape index (κ2) is 5.85. The molecule has 5 N–H and O–H groups in total. The van der Waals surface area contributed by atoms with Crippen molar-refractivity contribution in [3.63, 3.8) is 0 Å². The zero-order valence-corrected chi connectivity index (χ0v) is 11.0. The average molecular weight is 270 g/mol. The number of hydrogen-bond donors (Lipinski definition) is 5. The molecule has 2 atom stereocenters. The predicted molar refractivity (Wildman–Crippen MR) is 66.9 cm³/mol. The van der Waals surface area contributed by atoms with E-state index >= 15 is 0 Å². The number of carbonyl (C=O) groups is 2. The molecule has 1 aromatic rings. The van der Waals surface area contributed by atoms with Crippen molar-refractivity contribution in [2.45, 2.75) is 33.0 Å². The van der Waals surface area contributed by atoms with Gasteiger partial charge in [0.15, 0.2) is 0 Å². The van der Waals surface area contributed by atoms with Crippen LogP contribution in [0.4, 0.5) is 0 Å². The largest absolute Gasteiger partial charge is 0.478 e. The molecule has 0 bridgehead atoms. The van der Waals surface area contributed by atoms with E-state index in [0.717, 1.165) is 0 Å². The molecule has 0 aromatic carbocycles. The molecule has 7 nitrogen and oxygen atoms in total. The van der Waals surface area contributed by atoms with E-state index in [1.54, 1.807) is 13.8 Å². The van der Waals surface area contributed by atoms with Crippen molar-refractivity contribution in [1.29, 1.82) is 0 Å². The smallest absolute Gasteiger partial charge is 0.337 e. The Hall–Kier alpha value is -1.86. The second-order valence-corrected chi connectivity index (χ2v) is 4.42. The van der Waals surface area contributed by atoms with E-state index in [1.807, 2.05) is 0 Å². The minimum Gasteiger partial charge on any atom is -0.478 e. The molecule has 0 aliphatic heterocycles. The van der Waals surface area contributed by atoms with Crippen LogP contribution in [-0.2, 0) is 4.79 Å². The van der Waals surface area contributed by atoms with E-state index in [1.165, 1.54) is 6.92 Å². The van der Waals surface area contributed by atoms with E-state index in [-0.39, 0.29) is 23.7 Å². The monoisotopic (exact) mass is 270 g/mol. The topological polar surface area (TPSA) is 123 Å². The first-order valence-electron chi connectivity index (χ1n) is 5.78. The van der Waals surface area contributed by atoms with Crippen LogP contribution in [0.25, 0.3) is 0 Å². The Kier molecular flexibility index (Phi) is 4.68. The molecule has 1 aromatic heterocycles. The third-order valence-electron chi connectivity index (χ3n) is 2.91. The molecule has 0 aliphatic carbocycles. The van der Waals surface area contributed by atoms with E-state index in [4.69, 9.17) is 5.11 Å². The van der Waals surface area contributed by atoms with Crippen molar-refractivity contribution in [1.82, 2.24) is 10.3 Å². The number of aromatic carboxylic acids is 1. The fraction of sp³-hybridized carbons (Fsp3) is 0.500. The van der Waals surface area contributed by atoms with E-state index in [2.05, 4.69) is 10.3 Å². The summed E-state index contributed by atoms with van der Waals surface area (Å²) in [6.07, 6.45) is -2.51. The van der Waals surface area contributed by atoms with Gasteiger partial charge in [-0.2, -0.15) is 0 Å². The number of amides is 1. The number of aryl methyl sites for hydroxylation is 1. The fourth-order valence-corrected chi connectivity index (χ4v) is 1.94. The number of aromatic amines is 1. The summed E-state index contributed by atoms with van der Waals surface area (Å²) in [6, 6.07) is 0. The number of hydrogen-bond acceptors (Lipinski definition) is 4. The van der Waals surface area contributed by atoms with Crippen LogP contribution in [0.1, 0.15) is 40.3 Å². The Bertz CT molecular complexity index is 495. The number of carboxylic acid groups (broad SMARTS) is 1. The number of aliphatic hydroxyl groups excluding tert-OH is 2. The Balaban J connectivity index is 2.94. The molecular formula is C12H18N2O5. The molecule has 0 fully saturated rings. The zero-order chi connectivity index (χ0) is 14.7. The van der Waals surface area contributed by atoms with Crippen molar-refractivity contribution in [3.05, 3.63) is 22.5 Å². The molecule has 2 unspecified atom stereocenters. The minimum absolute atomic E-state index is 0.0841. The summed E-state index contributed by atoms with van der Waals surface area (Å²) in [7, 11) is 0. The number of H-pyrrole nitrogens is 1. The maximum absolute atomic E-state index is 11.0. The SMILES string of the molecule is CC(=O)NCC(O)C(O)c1[nH]c(C)c(C(=O)O)c1C.